The van der Waals surface area contributed by atoms with Crippen LogP contribution in [0.5, 0.6) is 0 Å². The van der Waals surface area contributed by atoms with E-state index < -0.39 is 36.0 Å². The van der Waals surface area contributed by atoms with Crippen molar-refractivity contribution in [1.29, 1.82) is 0 Å². The highest BCUT2D eigenvalue weighted by Crippen LogP contribution is 2.39. The molecule has 0 aliphatic heterocycles. The van der Waals surface area contributed by atoms with E-state index in [2.05, 4.69) is 0 Å². The van der Waals surface area contributed by atoms with E-state index in [1.54, 1.807) is 18.2 Å². The Morgan fingerprint density at radius 3 is 2.08 bits per heavy atom. The smallest absolute Gasteiger partial charge is 0.338 e. The van der Waals surface area contributed by atoms with Gasteiger partial charge in [-0.3, -0.25) is 9.59 Å². The molecule has 3 aromatic rings. The van der Waals surface area contributed by atoms with E-state index in [4.69, 9.17) is 4.74 Å². The summed E-state index contributed by atoms with van der Waals surface area (Å²) < 4.78 is 5.79. The molecule has 6 heteroatoms. The Morgan fingerprint density at radius 2 is 1.45 bits per heavy atom. The number of aliphatic carboxylic acids is 1. The standard InChI is InChI=1S/C32H30O6/c33-28(25-16-23-8-4-5-9-24(23)17-25)15-14-26-27(18-31(35)36)29(34)19-30(26)38-32(37)22-12-10-21(11-13-22)20-6-2-1-3-7-20/h1-15,25-27,29-30,34H,16-19H2,(H,35,36)/t26-,27-,29+,30-/m0/s1. The van der Waals surface area contributed by atoms with Crippen molar-refractivity contribution in [3.8, 4) is 11.1 Å². The summed E-state index contributed by atoms with van der Waals surface area (Å²) in [7, 11) is 0. The molecule has 4 atom stereocenters. The van der Waals surface area contributed by atoms with Crippen LogP contribution in [0.15, 0.2) is 91.0 Å². The Morgan fingerprint density at radius 1 is 0.842 bits per heavy atom. The van der Waals surface area contributed by atoms with Crippen LogP contribution in [-0.2, 0) is 27.2 Å². The number of hydrogen-bond acceptors (Lipinski definition) is 5. The van der Waals surface area contributed by atoms with Crippen molar-refractivity contribution >= 4 is 17.7 Å². The van der Waals surface area contributed by atoms with Crippen molar-refractivity contribution < 1.29 is 29.3 Å². The van der Waals surface area contributed by atoms with Crippen LogP contribution in [0.4, 0.5) is 0 Å². The number of carbonyl (C=O) groups is 3. The van der Waals surface area contributed by atoms with Crippen molar-refractivity contribution in [2.75, 3.05) is 0 Å². The first-order chi connectivity index (χ1) is 18.4. The predicted octanol–water partition coefficient (Wildman–Crippen LogP) is 4.89. The molecule has 2 aliphatic carbocycles. The van der Waals surface area contributed by atoms with E-state index in [1.165, 1.54) is 17.2 Å². The highest BCUT2D eigenvalue weighted by molar-refractivity contribution is 5.93. The average molecular weight is 511 g/mol. The van der Waals surface area contributed by atoms with Gasteiger partial charge in [0, 0.05) is 24.2 Å². The molecule has 1 fully saturated rings. The van der Waals surface area contributed by atoms with Gasteiger partial charge in [0.1, 0.15) is 6.10 Å². The number of aliphatic hydroxyl groups is 1. The summed E-state index contributed by atoms with van der Waals surface area (Å²) in [5, 5.41) is 20.1. The summed E-state index contributed by atoms with van der Waals surface area (Å²) >= 11 is 0. The predicted molar refractivity (Wildman–Crippen MR) is 142 cm³/mol. The number of hydrogen-bond donors (Lipinski definition) is 2. The summed E-state index contributed by atoms with van der Waals surface area (Å²) in [6.45, 7) is 0. The van der Waals surface area contributed by atoms with Gasteiger partial charge in [0.15, 0.2) is 5.78 Å². The summed E-state index contributed by atoms with van der Waals surface area (Å²) in [6, 6.07) is 24.9. The van der Waals surface area contributed by atoms with Gasteiger partial charge in [-0.15, -0.1) is 0 Å². The topological polar surface area (TPSA) is 101 Å². The zero-order valence-corrected chi connectivity index (χ0v) is 20.9. The number of ether oxygens (including phenoxy) is 1. The summed E-state index contributed by atoms with van der Waals surface area (Å²) in [6.07, 6.45) is 2.62. The van der Waals surface area contributed by atoms with E-state index >= 15 is 0 Å². The van der Waals surface area contributed by atoms with E-state index in [1.807, 2.05) is 66.7 Å². The van der Waals surface area contributed by atoms with Gasteiger partial charge in [-0.25, -0.2) is 4.79 Å². The lowest BCUT2D eigenvalue weighted by atomic mass is 9.89. The van der Waals surface area contributed by atoms with Crippen molar-refractivity contribution in [1.82, 2.24) is 0 Å². The largest absolute Gasteiger partial charge is 0.481 e. The van der Waals surface area contributed by atoms with Gasteiger partial charge in [0.2, 0.25) is 0 Å². The molecule has 0 spiro atoms. The molecular weight excluding hydrogens is 480 g/mol. The first-order valence-electron chi connectivity index (χ1n) is 12.9. The third-order valence-corrected chi connectivity index (χ3v) is 7.72. The fourth-order valence-corrected chi connectivity index (χ4v) is 5.71. The summed E-state index contributed by atoms with van der Waals surface area (Å²) in [5.41, 5.74) is 4.70. The van der Waals surface area contributed by atoms with Crippen LogP contribution in [0, 0.1) is 17.8 Å². The molecule has 0 bridgehead atoms. The van der Waals surface area contributed by atoms with E-state index in [0.717, 1.165) is 11.1 Å². The fraction of sp³-hybridized carbons (Fsp3) is 0.281. The molecule has 0 saturated heterocycles. The van der Waals surface area contributed by atoms with Crippen LogP contribution in [0.1, 0.15) is 34.3 Å². The lowest BCUT2D eigenvalue weighted by Crippen LogP contribution is -2.26. The lowest BCUT2D eigenvalue weighted by Gasteiger charge is -2.21. The highest BCUT2D eigenvalue weighted by atomic mass is 16.5. The van der Waals surface area contributed by atoms with Gasteiger partial charge >= 0.3 is 11.9 Å². The average Bonchev–Trinajstić information content (AvgIpc) is 3.48. The summed E-state index contributed by atoms with van der Waals surface area (Å²) in [4.78, 5) is 37.5. The molecule has 0 heterocycles. The maximum Gasteiger partial charge on any atom is 0.338 e. The van der Waals surface area contributed by atoms with E-state index in [0.29, 0.717) is 18.4 Å². The second kappa shape index (κ2) is 11.2. The number of allylic oxidation sites excluding steroid dienone is 1. The third-order valence-electron chi connectivity index (χ3n) is 7.72. The zero-order chi connectivity index (χ0) is 26.6. The van der Waals surface area contributed by atoms with Gasteiger partial charge in [-0.2, -0.15) is 0 Å². The van der Waals surface area contributed by atoms with Crippen molar-refractivity contribution in [3.05, 3.63) is 108 Å². The maximum atomic E-state index is 13.0. The zero-order valence-electron chi connectivity index (χ0n) is 20.9. The minimum absolute atomic E-state index is 0.0433. The Kier molecular flexibility index (Phi) is 7.52. The number of ketones is 1. The molecule has 38 heavy (non-hydrogen) atoms. The SMILES string of the molecule is O=C(O)C[C@H]1[C@H](C=CC(=O)C2Cc3ccccc3C2)[C@@H](OC(=O)c2ccc(-c3ccccc3)cc2)C[C@H]1O. The van der Waals surface area contributed by atoms with Crippen LogP contribution in [0.3, 0.4) is 0 Å². The molecule has 5 rings (SSSR count). The first kappa shape index (κ1) is 25.6. The third kappa shape index (κ3) is 5.60. The van der Waals surface area contributed by atoms with Gasteiger partial charge in [0.05, 0.1) is 18.1 Å². The maximum absolute atomic E-state index is 13.0. The number of benzene rings is 3. The molecule has 0 aromatic heterocycles. The molecule has 3 aromatic carbocycles. The Bertz CT molecular complexity index is 1320. The molecule has 194 valence electrons. The molecule has 1 saturated carbocycles. The van der Waals surface area contributed by atoms with Gasteiger partial charge in [0.25, 0.3) is 0 Å². The van der Waals surface area contributed by atoms with E-state index in [9.17, 15) is 24.6 Å². The number of carboxylic acids is 1. The molecule has 0 unspecified atom stereocenters. The lowest BCUT2D eigenvalue weighted by molar-refractivity contribution is -0.139. The number of esters is 1. The Labute approximate surface area is 221 Å². The summed E-state index contributed by atoms with van der Waals surface area (Å²) in [5.74, 6) is -3.05. The van der Waals surface area contributed by atoms with Crippen LogP contribution >= 0.6 is 0 Å². The molecule has 0 radical (unpaired) electrons. The number of carboxylic acid groups (broad SMARTS) is 1. The van der Waals surface area contributed by atoms with Crippen LogP contribution in [0.2, 0.25) is 0 Å². The van der Waals surface area contributed by atoms with E-state index in [-0.39, 0.29) is 24.5 Å². The van der Waals surface area contributed by atoms with Crippen molar-refractivity contribution in [3.63, 3.8) is 0 Å². The normalized spacial score (nSPS) is 22.9. The monoisotopic (exact) mass is 510 g/mol. The van der Waals surface area contributed by atoms with Gasteiger partial charge in [-0.05, 0) is 53.3 Å². The first-order valence-corrected chi connectivity index (χ1v) is 12.9. The van der Waals surface area contributed by atoms with Crippen molar-refractivity contribution in [2.45, 2.75) is 37.9 Å². The van der Waals surface area contributed by atoms with Crippen LogP contribution < -0.4 is 0 Å². The molecule has 2 N–H and O–H groups in total. The molecule has 6 nitrogen and oxygen atoms in total. The highest BCUT2D eigenvalue weighted by Gasteiger charge is 2.44. The second-order valence-electron chi connectivity index (χ2n) is 10.2. The van der Waals surface area contributed by atoms with Gasteiger partial charge < -0.3 is 14.9 Å². The number of aliphatic hydroxyl groups excluding tert-OH is 1. The Balaban J connectivity index is 1.29. The van der Waals surface area contributed by atoms with Gasteiger partial charge in [-0.1, -0.05) is 72.8 Å². The minimum atomic E-state index is -1.05. The Hall–Kier alpha value is -4.03. The second-order valence-corrected chi connectivity index (χ2v) is 10.2. The molecule has 2 aliphatic rings. The molecule has 0 amide bonds. The fourth-order valence-electron chi connectivity index (χ4n) is 5.71. The van der Waals surface area contributed by atoms with Crippen LogP contribution in [0.25, 0.3) is 11.1 Å². The minimum Gasteiger partial charge on any atom is -0.481 e. The number of carbonyl (C=O) groups excluding carboxylic acids is 2. The van der Waals surface area contributed by atoms with Crippen molar-refractivity contribution in [2.24, 2.45) is 17.8 Å². The van der Waals surface area contributed by atoms with Crippen LogP contribution in [-0.4, -0.2) is 40.1 Å². The molecular formula is C32H30O6. The quantitative estimate of drug-likeness (QED) is 0.331. The number of fused-ring (bicyclic) bond motifs is 1. The number of rotatable bonds is 8.